The third kappa shape index (κ3) is 2.90. The van der Waals surface area contributed by atoms with E-state index in [9.17, 15) is 9.59 Å². The smallest absolute Gasteiger partial charge is 0.251 e. The van der Waals surface area contributed by atoms with Crippen LogP contribution in [0.4, 0.5) is 0 Å². The molecule has 1 saturated heterocycles. The number of rotatable bonds is 3. The quantitative estimate of drug-likeness (QED) is 0.931. The lowest BCUT2D eigenvalue weighted by Gasteiger charge is -2.31. The summed E-state index contributed by atoms with van der Waals surface area (Å²) in [4.78, 5) is 30.5. The van der Waals surface area contributed by atoms with Crippen LogP contribution in [0.15, 0.2) is 29.1 Å². The van der Waals surface area contributed by atoms with Crippen LogP contribution < -0.4 is 5.56 Å². The van der Waals surface area contributed by atoms with Crippen molar-refractivity contribution in [2.24, 2.45) is 0 Å². The number of fused-ring (bicyclic) bond motifs is 1. The molecule has 0 bridgehead atoms. The Balaban J connectivity index is 1.83. The van der Waals surface area contributed by atoms with Crippen molar-refractivity contribution in [2.45, 2.75) is 19.9 Å². The SMILES string of the molecule is CCc1cc2ccc(CN3CCN(C)C(=O)C3)cc2[nH]c1=O. The Bertz CT molecular complexity index is 766. The first-order valence-corrected chi connectivity index (χ1v) is 7.68. The average molecular weight is 299 g/mol. The molecular formula is C17H21N3O2. The summed E-state index contributed by atoms with van der Waals surface area (Å²) in [5.41, 5.74) is 2.77. The van der Waals surface area contributed by atoms with Gasteiger partial charge in [0, 0.05) is 37.8 Å². The molecule has 0 saturated carbocycles. The second-order valence-electron chi connectivity index (χ2n) is 5.92. The molecule has 0 radical (unpaired) electrons. The van der Waals surface area contributed by atoms with Gasteiger partial charge in [-0.1, -0.05) is 19.1 Å². The van der Waals surface area contributed by atoms with Crippen LogP contribution in [0.5, 0.6) is 0 Å². The molecule has 116 valence electrons. The Labute approximate surface area is 129 Å². The normalized spacial score (nSPS) is 16.5. The van der Waals surface area contributed by atoms with Crippen LogP contribution in [-0.2, 0) is 17.8 Å². The summed E-state index contributed by atoms with van der Waals surface area (Å²) in [6.07, 6.45) is 0.733. The van der Waals surface area contributed by atoms with Gasteiger partial charge >= 0.3 is 0 Å². The molecule has 0 spiro atoms. The van der Waals surface area contributed by atoms with Gasteiger partial charge in [-0.3, -0.25) is 14.5 Å². The topological polar surface area (TPSA) is 56.4 Å². The number of H-pyrrole nitrogens is 1. The van der Waals surface area contributed by atoms with Crippen LogP contribution >= 0.6 is 0 Å². The molecule has 5 nitrogen and oxygen atoms in total. The second-order valence-corrected chi connectivity index (χ2v) is 5.92. The van der Waals surface area contributed by atoms with E-state index >= 15 is 0 Å². The van der Waals surface area contributed by atoms with Gasteiger partial charge in [0.05, 0.1) is 6.54 Å². The zero-order valence-corrected chi connectivity index (χ0v) is 13.1. The Morgan fingerprint density at radius 1 is 1.18 bits per heavy atom. The maximum Gasteiger partial charge on any atom is 0.251 e. The van der Waals surface area contributed by atoms with E-state index in [4.69, 9.17) is 0 Å². The summed E-state index contributed by atoms with van der Waals surface area (Å²) in [6, 6.07) is 8.08. The summed E-state index contributed by atoms with van der Waals surface area (Å²) in [5.74, 6) is 0.160. The number of likely N-dealkylation sites (N-methyl/N-ethyl adjacent to an activating group) is 1. The molecule has 22 heavy (non-hydrogen) atoms. The van der Waals surface area contributed by atoms with Crippen molar-refractivity contribution >= 4 is 16.8 Å². The van der Waals surface area contributed by atoms with Crippen molar-refractivity contribution in [3.8, 4) is 0 Å². The number of hydrogen-bond donors (Lipinski definition) is 1. The average Bonchev–Trinajstić information content (AvgIpc) is 2.50. The molecule has 2 heterocycles. The molecule has 0 aliphatic carbocycles. The molecule has 1 amide bonds. The fraction of sp³-hybridized carbons (Fsp3) is 0.412. The largest absolute Gasteiger partial charge is 0.343 e. The third-order valence-electron chi connectivity index (χ3n) is 4.31. The highest BCUT2D eigenvalue weighted by atomic mass is 16.2. The molecule has 1 aliphatic rings. The van der Waals surface area contributed by atoms with Gasteiger partial charge < -0.3 is 9.88 Å². The fourth-order valence-corrected chi connectivity index (χ4v) is 2.85. The van der Waals surface area contributed by atoms with E-state index in [0.717, 1.165) is 48.1 Å². The van der Waals surface area contributed by atoms with E-state index in [1.165, 1.54) is 0 Å². The van der Waals surface area contributed by atoms with E-state index in [1.54, 1.807) is 4.90 Å². The van der Waals surface area contributed by atoms with Gasteiger partial charge in [-0.2, -0.15) is 0 Å². The Morgan fingerprint density at radius 2 is 2.00 bits per heavy atom. The Kier molecular flexibility index (Phi) is 3.98. The Hall–Kier alpha value is -2.14. The van der Waals surface area contributed by atoms with Gasteiger partial charge in [-0.25, -0.2) is 0 Å². The van der Waals surface area contributed by atoms with Crippen molar-refractivity contribution < 1.29 is 4.79 Å². The van der Waals surface area contributed by atoms with E-state index < -0.39 is 0 Å². The number of aryl methyl sites for hydroxylation is 1. The number of amides is 1. The Morgan fingerprint density at radius 3 is 2.73 bits per heavy atom. The van der Waals surface area contributed by atoms with Crippen molar-refractivity contribution in [3.63, 3.8) is 0 Å². The van der Waals surface area contributed by atoms with Gasteiger partial charge in [-0.05, 0) is 29.5 Å². The minimum Gasteiger partial charge on any atom is -0.343 e. The molecular weight excluding hydrogens is 278 g/mol. The third-order valence-corrected chi connectivity index (χ3v) is 4.31. The minimum atomic E-state index is -0.0121. The number of aromatic nitrogens is 1. The zero-order valence-electron chi connectivity index (χ0n) is 13.1. The van der Waals surface area contributed by atoms with Crippen LogP contribution in [-0.4, -0.2) is 47.4 Å². The molecule has 1 fully saturated rings. The number of nitrogens with zero attached hydrogens (tertiary/aromatic N) is 2. The van der Waals surface area contributed by atoms with E-state index in [-0.39, 0.29) is 11.5 Å². The first kappa shape index (κ1) is 14.8. The minimum absolute atomic E-state index is 0.0121. The van der Waals surface area contributed by atoms with Crippen molar-refractivity contribution in [3.05, 3.63) is 45.7 Å². The van der Waals surface area contributed by atoms with Gasteiger partial charge in [0.2, 0.25) is 5.91 Å². The first-order chi connectivity index (χ1) is 10.6. The number of benzene rings is 1. The summed E-state index contributed by atoms with van der Waals surface area (Å²) >= 11 is 0. The number of piperazine rings is 1. The highest BCUT2D eigenvalue weighted by Crippen LogP contribution is 2.16. The van der Waals surface area contributed by atoms with Crippen LogP contribution in [0.2, 0.25) is 0 Å². The highest BCUT2D eigenvalue weighted by molar-refractivity contribution is 5.80. The van der Waals surface area contributed by atoms with Crippen LogP contribution in [0.25, 0.3) is 10.9 Å². The number of aromatic amines is 1. The predicted octanol–water partition coefficient (Wildman–Crippen LogP) is 1.36. The molecule has 1 aromatic heterocycles. The maximum absolute atomic E-state index is 11.9. The van der Waals surface area contributed by atoms with Gasteiger partial charge in [0.15, 0.2) is 0 Å². The molecule has 1 N–H and O–H groups in total. The first-order valence-electron chi connectivity index (χ1n) is 7.68. The summed E-state index contributed by atoms with van der Waals surface area (Å²) in [6.45, 7) is 4.82. The van der Waals surface area contributed by atoms with Crippen LogP contribution in [0.1, 0.15) is 18.1 Å². The lowest BCUT2D eigenvalue weighted by molar-refractivity contribution is -0.134. The standard InChI is InChI=1S/C17H21N3O2/c1-3-13-9-14-5-4-12(8-15(14)18-17(13)22)10-20-7-6-19(2)16(21)11-20/h4-5,8-9H,3,6-7,10-11H2,1-2H3,(H,18,22). The molecule has 5 heteroatoms. The molecule has 1 aliphatic heterocycles. The predicted molar refractivity (Wildman–Crippen MR) is 86.9 cm³/mol. The maximum atomic E-state index is 11.9. The van der Waals surface area contributed by atoms with E-state index in [2.05, 4.69) is 16.0 Å². The lowest BCUT2D eigenvalue weighted by atomic mass is 10.1. The summed E-state index contributed by atoms with van der Waals surface area (Å²) < 4.78 is 0. The van der Waals surface area contributed by atoms with Crippen LogP contribution in [0, 0.1) is 0 Å². The van der Waals surface area contributed by atoms with E-state index in [1.807, 2.05) is 32.2 Å². The molecule has 1 aromatic carbocycles. The molecule has 3 rings (SSSR count). The van der Waals surface area contributed by atoms with Gasteiger partial charge in [0.25, 0.3) is 5.56 Å². The zero-order chi connectivity index (χ0) is 15.7. The molecule has 0 unspecified atom stereocenters. The second kappa shape index (κ2) is 5.93. The molecule has 2 aromatic rings. The van der Waals surface area contributed by atoms with Crippen molar-refractivity contribution in [2.75, 3.05) is 26.7 Å². The number of carbonyl (C=O) groups excluding carboxylic acids is 1. The number of pyridine rings is 1. The lowest BCUT2D eigenvalue weighted by Crippen LogP contribution is -2.47. The highest BCUT2D eigenvalue weighted by Gasteiger charge is 2.20. The van der Waals surface area contributed by atoms with Gasteiger partial charge in [0.1, 0.15) is 0 Å². The monoisotopic (exact) mass is 299 g/mol. The molecule has 0 atom stereocenters. The van der Waals surface area contributed by atoms with Crippen LogP contribution in [0.3, 0.4) is 0 Å². The number of carbonyl (C=O) groups is 1. The van der Waals surface area contributed by atoms with Crippen molar-refractivity contribution in [1.82, 2.24) is 14.8 Å². The summed E-state index contributed by atoms with van der Waals surface area (Å²) in [7, 11) is 1.84. The summed E-state index contributed by atoms with van der Waals surface area (Å²) in [5, 5.41) is 1.05. The fourth-order valence-electron chi connectivity index (χ4n) is 2.85. The number of nitrogens with one attached hydrogen (secondary N) is 1. The number of hydrogen-bond acceptors (Lipinski definition) is 3. The van der Waals surface area contributed by atoms with Gasteiger partial charge in [-0.15, -0.1) is 0 Å². The van der Waals surface area contributed by atoms with Crippen molar-refractivity contribution in [1.29, 1.82) is 0 Å². The van der Waals surface area contributed by atoms with E-state index in [0.29, 0.717) is 6.54 Å².